The Bertz CT molecular complexity index is 923. The Morgan fingerprint density at radius 1 is 0.239 bits per heavy atom. The maximum Gasteiger partial charge on any atom is 0.180 e. The lowest BCUT2D eigenvalue weighted by Crippen LogP contribution is -2.25. The van der Waals surface area contributed by atoms with E-state index in [0.29, 0.717) is 0 Å². The minimum atomic E-state index is -0.375. The summed E-state index contributed by atoms with van der Waals surface area (Å²) in [6.45, 7) is 18.2. The molecule has 0 heterocycles. The van der Waals surface area contributed by atoms with Gasteiger partial charge in [-0.2, -0.15) is 0 Å². The summed E-state index contributed by atoms with van der Waals surface area (Å²) >= 11 is 0. The van der Waals surface area contributed by atoms with Gasteiger partial charge in [0.15, 0.2) is 25.2 Å². The van der Waals surface area contributed by atoms with Crippen molar-refractivity contribution in [2.75, 3.05) is 39.6 Å². The molecule has 0 amide bonds. The third kappa shape index (κ3) is 55.3. The highest BCUT2D eigenvalue weighted by Crippen LogP contribution is 2.18. The largest absolute Gasteiger partial charge is 0.353 e. The quantitative estimate of drug-likeness (QED) is 0.0342. The van der Waals surface area contributed by atoms with Crippen LogP contribution in [0.25, 0.3) is 0 Å². The number of allylic oxidation sites excluding steroid dienone is 2. The average molecular weight is 1010 g/mol. The van der Waals surface area contributed by atoms with E-state index < -0.39 is 0 Å². The highest BCUT2D eigenvalue weighted by Gasteiger charge is 2.14. The number of hydrogen-bond acceptors (Lipinski definition) is 7. The molecule has 7 nitrogen and oxygen atoms in total. The molecule has 0 aromatic heterocycles. The molecule has 0 bridgehead atoms. The van der Waals surface area contributed by atoms with Gasteiger partial charge in [-0.05, 0) is 102 Å². The van der Waals surface area contributed by atoms with Crippen LogP contribution >= 0.6 is 0 Å². The maximum atomic E-state index is 6.64. The van der Waals surface area contributed by atoms with Crippen molar-refractivity contribution in [2.24, 2.45) is 0 Å². The van der Waals surface area contributed by atoms with Gasteiger partial charge in [0.2, 0.25) is 0 Å². The monoisotopic (exact) mass is 1010 g/mol. The van der Waals surface area contributed by atoms with Gasteiger partial charge in [0.25, 0.3) is 0 Å². The molecule has 0 saturated heterocycles. The third-order valence-corrected chi connectivity index (χ3v) is 13.7. The summed E-state index contributed by atoms with van der Waals surface area (Å²) in [6, 6.07) is 0. The minimum Gasteiger partial charge on any atom is -0.353 e. The Morgan fingerprint density at radius 2 is 0.479 bits per heavy atom. The molecule has 424 valence electrons. The summed E-state index contributed by atoms with van der Waals surface area (Å²) in [4.78, 5) is 0. The molecule has 0 saturated carbocycles. The van der Waals surface area contributed by atoms with Crippen molar-refractivity contribution >= 4 is 0 Å². The van der Waals surface area contributed by atoms with Crippen LogP contribution in [-0.2, 0) is 33.2 Å². The second-order valence-corrected chi connectivity index (χ2v) is 21.0. The zero-order valence-electron chi connectivity index (χ0n) is 48.8. The number of hydrogen-bond donors (Lipinski definition) is 0. The fraction of sp³-hybridized carbons (Fsp3) is 0.938. The molecule has 0 aromatic rings. The molecule has 2 atom stereocenters. The molecule has 0 spiro atoms. The number of unbranched alkanes of at least 4 members (excludes halogenated alkanes) is 34. The van der Waals surface area contributed by atoms with Crippen molar-refractivity contribution in [1.29, 1.82) is 0 Å². The van der Waals surface area contributed by atoms with E-state index in [-0.39, 0.29) is 25.2 Å². The van der Waals surface area contributed by atoms with Crippen molar-refractivity contribution in [1.82, 2.24) is 0 Å². The van der Waals surface area contributed by atoms with Crippen LogP contribution in [0.1, 0.15) is 324 Å². The third-order valence-electron chi connectivity index (χ3n) is 13.7. The molecule has 0 aliphatic carbocycles. The summed E-state index contributed by atoms with van der Waals surface area (Å²) in [5.41, 5.74) is 0. The fourth-order valence-electron chi connectivity index (χ4n) is 8.83. The molecule has 0 fully saturated rings. The molecular formula is C64H126O7. The molecule has 7 heteroatoms. The molecule has 0 aliphatic rings. The van der Waals surface area contributed by atoms with Gasteiger partial charge in [0, 0.05) is 26.4 Å². The van der Waals surface area contributed by atoms with E-state index in [9.17, 15) is 0 Å². The summed E-state index contributed by atoms with van der Waals surface area (Å²) in [6.07, 6.45) is 62.9. The Kier molecular flexibility index (Phi) is 61.0. The van der Waals surface area contributed by atoms with E-state index in [1.165, 1.54) is 218 Å². The van der Waals surface area contributed by atoms with Gasteiger partial charge in [-0.25, -0.2) is 0 Å². The van der Waals surface area contributed by atoms with E-state index in [1.54, 1.807) is 0 Å². The first-order chi connectivity index (χ1) is 35.1. The summed E-state index contributed by atoms with van der Waals surface area (Å²) in [5, 5.41) is 0. The molecule has 71 heavy (non-hydrogen) atoms. The second-order valence-electron chi connectivity index (χ2n) is 21.0. The average Bonchev–Trinajstić information content (AvgIpc) is 3.37. The molecule has 0 radical (unpaired) electrons. The van der Waals surface area contributed by atoms with E-state index in [4.69, 9.17) is 33.2 Å². The van der Waals surface area contributed by atoms with Gasteiger partial charge >= 0.3 is 0 Å². The predicted octanol–water partition coefficient (Wildman–Crippen LogP) is 20.8. The van der Waals surface area contributed by atoms with Crippen LogP contribution in [0.5, 0.6) is 0 Å². The highest BCUT2D eigenvalue weighted by atomic mass is 16.8. The van der Waals surface area contributed by atoms with E-state index in [2.05, 4.69) is 65.8 Å². The normalized spacial score (nSPS) is 13.1. The van der Waals surface area contributed by atoms with E-state index in [0.717, 1.165) is 104 Å². The van der Waals surface area contributed by atoms with Gasteiger partial charge < -0.3 is 33.2 Å². The SMILES string of the molecule is CCCCCCCCCOC(C=CCCCCCCCCCCCC(OCCCC)OCCCC)OC(C=CCCCCCCCCCCCC(OCCCC)OCCCC)OCCCCCCCCC. The Hall–Kier alpha value is -0.800. The Labute approximate surface area is 444 Å². The molecule has 0 rings (SSSR count). The van der Waals surface area contributed by atoms with Gasteiger partial charge in [-0.3, -0.25) is 0 Å². The van der Waals surface area contributed by atoms with Gasteiger partial charge in [0.1, 0.15) is 0 Å². The van der Waals surface area contributed by atoms with Gasteiger partial charge in [-0.1, -0.05) is 246 Å². The Morgan fingerprint density at radius 3 is 0.775 bits per heavy atom. The first-order valence-electron chi connectivity index (χ1n) is 31.8. The van der Waals surface area contributed by atoms with Gasteiger partial charge in [-0.15, -0.1) is 0 Å². The van der Waals surface area contributed by atoms with E-state index in [1.807, 2.05) is 0 Å². The zero-order valence-corrected chi connectivity index (χ0v) is 48.8. The van der Waals surface area contributed by atoms with Crippen molar-refractivity contribution in [2.45, 2.75) is 349 Å². The maximum absolute atomic E-state index is 6.64. The second kappa shape index (κ2) is 61.7. The zero-order chi connectivity index (χ0) is 51.4. The van der Waals surface area contributed by atoms with Crippen LogP contribution < -0.4 is 0 Å². The molecule has 0 aliphatic heterocycles. The molecular weight excluding hydrogens is 881 g/mol. The van der Waals surface area contributed by atoms with Crippen molar-refractivity contribution in [3.05, 3.63) is 24.3 Å². The summed E-state index contributed by atoms with van der Waals surface area (Å²) in [5.74, 6) is 0. The van der Waals surface area contributed by atoms with Crippen molar-refractivity contribution in [3.63, 3.8) is 0 Å². The first kappa shape index (κ1) is 70.2. The van der Waals surface area contributed by atoms with E-state index >= 15 is 0 Å². The van der Waals surface area contributed by atoms with Crippen LogP contribution in [-0.4, -0.2) is 64.8 Å². The minimum absolute atomic E-state index is 0.00447. The molecule has 2 unspecified atom stereocenters. The molecule has 0 N–H and O–H groups in total. The lowest BCUT2D eigenvalue weighted by molar-refractivity contribution is -0.208. The number of rotatable bonds is 62. The summed E-state index contributed by atoms with van der Waals surface area (Å²) in [7, 11) is 0. The van der Waals surface area contributed by atoms with Crippen LogP contribution in [0, 0.1) is 0 Å². The van der Waals surface area contributed by atoms with Crippen LogP contribution in [0.4, 0.5) is 0 Å². The Balaban J connectivity index is 4.88. The fourth-order valence-corrected chi connectivity index (χ4v) is 8.83. The van der Waals surface area contributed by atoms with Crippen molar-refractivity contribution < 1.29 is 33.2 Å². The topological polar surface area (TPSA) is 64.6 Å². The van der Waals surface area contributed by atoms with Gasteiger partial charge in [0.05, 0.1) is 13.2 Å². The van der Waals surface area contributed by atoms with Crippen LogP contribution in [0.3, 0.4) is 0 Å². The molecule has 0 aromatic carbocycles. The lowest BCUT2D eigenvalue weighted by Gasteiger charge is -2.22. The number of ether oxygens (including phenoxy) is 7. The standard InChI is InChI=1S/C64H126O7/c1-7-13-19-21-37-43-49-59-69-63(53-47-41-35-31-27-23-25-29-33-39-45-51-61(65-55-15-9-3)66-56-16-10-4)71-64(70-60-50-44-38-22-20-14-8-2)54-48-42-36-32-28-24-26-30-34-40-46-52-62(67-57-17-11-5)68-58-18-12-6/h47-48,53-54,61-64H,7-46,49-52,55-60H2,1-6H3. The smallest absolute Gasteiger partial charge is 0.180 e. The highest BCUT2D eigenvalue weighted by molar-refractivity contribution is 4.90. The lowest BCUT2D eigenvalue weighted by atomic mass is 10.1. The first-order valence-corrected chi connectivity index (χ1v) is 31.8. The van der Waals surface area contributed by atoms with Crippen LogP contribution in [0.2, 0.25) is 0 Å². The van der Waals surface area contributed by atoms with Crippen LogP contribution in [0.15, 0.2) is 24.3 Å². The van der Waals surface area contributed by atoms with Crippen molar-refractivity contribution in [3.8, 4) is 0 Å². The summed E-state index contributed by atoms with van der Waals surface area (Å²) < 4.78 is 43.7. The predicted molar refractivity (Wildman–Crippen MR) is 307 cm³/mol.